The van der Waals surface area contributed by atoms with Gasteiger partial charge in [0.15, 0.2) is 0 Å². The van der Waals surface area contributed by atoms with E-state index in [4.69, 9.17) is 21.8 Å². The monoisotopic (exact) mass is 238 g/mol. The molecular weight excluding hydrogens is 227 g/mol. The molecule has 1 rings (SSSR count). The number of halogens is 2. The first-order valence-corrected chi connectivity index (χ1v) is 4.10. The molecule has 5 heteroatoms. The normalized spacial score (nSPS) is 7.86. The first-order chi connectivity index (χ1) is 6.06. The summed E-state index contributed by atoms with van der Waals surface area (Å²) in [6.45, 7) is 1.60. The molecule has 0 aromatic heterocycles. The molecule has 0 bridgehead atoms. The third-order valence-electron chi connectivity index (χ3n) is 1.13. The molecule has 80 valence electrons. The Balaban J connectivity index is 0. The van der Waals surface area contributed by atoms with Crippen molar-refractivity contribution in [2.75, 3.05) is 0 Å². The average molecular weight is 239 g/mol. The third-order valence-corrected chi connectivity index (χ3v) is 1.38. The number of hydrogen-bond donors (Lipinski definition) is 2. The van der Waals surface area contributed by atoms with Crippen molar-refractivity contribution in [3.05, 3.63) is 29.3 Å². The van der Waals surface area contributed by atoms with Crippen LogP contribution in [0.1, 0.15) is 13.3 Å². The summed E-state index contributed by atoms with van der Waals surface area (Å²) in [6, 6.07) is 6.36. The van der Waals surface area contributed by atoms with Gasteiger partial charge in [-0.1, -0.05) is 18.5 Å². The quantitative estimate of drug-likeness (QED) is 0.792. The van der Waals surface area contributed by atoms with Gasteiger partial charge in [0.2, 0.25) is 0 Å². The molecule has 0 aliphatic carbocycles. The van der Waals surface area contributed by atoms with Gasteiger partial charge in [0.05, 0.1) is 0 Å². The van der Waals surface area contributed by atoms with Crippen molar-refractivity contribution in [2.45, 2.75) is 13.3 Å². The van der Waals surface area contributed by atoms with E-state index < -0.39 is 5.97 Å². The highest BCUT2D eigenvalue weighted by atomic mass is 35.5. The van der Waals surface area contributed by atoms with Crippen molar-refractivity contribution in [1.82, 2.24) is 0 Å². The van der Waals surface area contributed by atoms with E-state index in [1.54, 1.807) is 31.2 Å². The minimum atomic E-state index is -0.745. The lowest BCUT2D eigenvalue weighted by molar-refractivity contribution is -0.136. The second-order valence-corrected chi connectivity index (χ2v) is 2.66. The van der Waals surface area contributed by atoms with Crippen LogP contribution in [0.3, 0.4) is 0 Å². The van der Waals surface area contributed by atoms with E-state index >= 15 is 0 Å². The number of carbonyl (C=O) groups is 1. The zero-order valence-electron chi connectivity index (χ0n) is 7.61. The highest BCUT2D eigenvalue weighted by molar-refractivity contribution is 6.30. The molecule has 14 heavy (non-hydrogen) atoms. The Morgan fingerprint density at radius 2 is 1.71 bits per heavy atom. The first kappa shape index (κ1) is 15.5. The SMILES string of the molecule is CCC(=O)O.Cl.Oc1ccc(Cl)cc1. The van der Waals surface area contributed by atoms with Crippen LogP contribution in [0.2, 0.25) is 5.02 Å². The molecular formula is C9H12Cl2O3. The largest absolute Gasteiger partial charge is 0.508 e. The maximum Gasteiger partial charge on any atom is 0.303 e. The minimum absolute atomic E-state index is 0. The molecule has 0 amide bonds. The van der Waals surface area contributed by atoms with Gasteiger partial charge in [0, 0.05) is 11.4 Å². The molecule has 0 saturated carbocycles. The van der Waals surface area contributed by atoms with Crippen LogP contribution in [0.15, 0.2) is 24.3 Å². The van der Waals surface area contributed by atoms with Gasteiger partial charge in [-0.2, -0.15) is 0 Å². The molecule has 1 aromatic rings. The Labute approximate surface area is 93.7 Å². The van der Waals surface area contributed by atoms with Crippen LogP contribution in [0, 0.1) is 0 Å². The number of phenolic OH excluding ortho intramolecular Hbond substituents is 1. The van der Waals surface area contributed by atoms with Crippen LogP contribution in [-0.4, -0.2) is 16.2 Å². The second kappa shape index (κ2) is 8.66. The van der Waals surface area contributed by atoms with Crippen molar-refractivity contribution in [1.29, 1.82) is 0 Å². The molecule has 0 heterocycles. The summed E-state index contributed by atoms with van der Waals surface area (Å²) in [4.78, 5) is 9.37. The zero-order valence-corrected chi connectivity index (χ0v) is 9.18. The first-order valence-electron chi connectivity index (χ1n) is 3.72. The van der Waals surface area contributed by atoms with Crippen LogP contribution < -0.4 is 0 Å². The van der Waals surface area contributed by atoms with Gasteiger partial charge < -0.3 is 10.2 Å². The highest BCUT2D eigenvalue weighted by Crippen LogP contribution is 2.12. The van der Waals surface area contributed by atoms with Gasteiger partial charge in [-0.15, -0.1) is 12.4 Å². The predicted octanol–water partition coefficient (Wildman–Crippen LogP) is 2.95. The van der Waals surface area contributed by atoms with Crippen LogP contribution in [0.4, 0.5) is 0 Å². The predicted molar refractivity (Wildman–Crippen MR) is 58.3 cm³/mol. The molecule has 0 aliphatic heterocycles. The number of carboxylic acid groups (broad SMARTS) is 1. The highest BCUT2D eigenvalue weighted by Gasteiger charge is 1.84. The molecule has 1 aromatic carbocycles. The average Bonchev–Trinajstić information content (AvgIpc) is 2.11. The molecule has 0 radical (unpaired) electrons. The van der Waals surface area contributed by atoms with Gasteiger partial charge in [-0.25, -0.2) is 0 Å². The number of hydrogen-bond acceptors (Lipinski definition) is 2. The lowest BCUT2D eigenvalue weighted by Gasteiger charge is -1.87. The molecule has 0 unspecified atom stereocenters. The summed E-state index contributed by atoms with van der Waals surface area (Å²) in [5, 5.41) is 17.1. The van der Waals surface area contributed by atoms with Gasteiger partial charge in [-0.3, -0.25) is 4.79 Å². The second-order valence-electron chi connectivity index (χ2n) is 2.22. The fourth-order valence-electron chi connectivity index (χ4n) is 0.441. The van der Waals surface area contributed by atoms with Gasteiger partial charge >= 0.3 is 5.97 Å². The smallest absolute Gasteiger partial charge is 0.303 e. The number of aromatic hydroxyl groups is 1. The standard InChI is InChI=1S/C6H5ClO.C3H6O2.ClH/c7-5-1-3-6(8)4-2-5;1-2-3(4)5;/h1-4,8H;2H2,1H3,(H,4,5);1H. The van der Waals surface area contributed by atoms with Gasteiger partial charge in [0.1, 0.15) is 5.75 Å². The van der Waals surface area contributed by atoms with E-state index in [0.717, 1.165) is 0 Å². The molecule has 0 spiro atoms. The Kier molecular flexibility index (Phi) is 9.61. The Hall–Kier alpha value is -0.930. The summed E-state index contributed by atoms with van der Waals surface area (Å²) in [5.74, 6) is -0.501. The summed E-state index contributed by atoms with van der Waals surface area (Å²) >= 11 is 5.50. The number of aliphatic carboxylic acids is 1. The van der Waals surface area contributed by atoms with Gasteiger partial charge in [-0.05, 0) is 24.3 Å². The van der Waals surface area contributed by atoms with Crippen molar-refractivity contribution in [2.24, 2.45) is 0 Å². The van der Waals surface area contributed by atoms with Crippen molar-refractivity contribution >= 4 is 30.0 Å². The Morgan fingerprint density at radius 3 is 1.93 bits per heavy atom. The molecule has 2 N–H and O–H groups in total. The van der Waals surface area contributed by atoms with Crippen molar-refractivity contribution in [3.63, 3.8) is 0 Å². The molecule has 0 saturated heterocycles. The van der Waals surface area contributed by atoms with Crippen LogP contribution in [-0.2, 0) is 4.79 Å². The number of carboxylic acids is 1. The number of phenols is 1. The molecule has 3 nitrogen and oxygen atoms in total. The topological polar surface area (TPSA) is 57.5 Å². The van der Waals surface area contributed by atoms with E-state index in [0.29, 0.717) is 5.02 Å². The summed E-state index contributed by atoms with van der Waals surface area (Å²) < 4.78 is 0. The molecule has 0 atom stereocenters. The van der Waals surface area contributed by atoms with Crippen LogP contribution in [0.5, 0.6) is 5.75 Å². The van der Waals surface area contributed by atoms with Crippen molar-refractivity contribution in [3.8, 4) is 5.75 Å². The summed E-state index contributed by atoms with van der Waals surface area (Å²) in [6.07, 6.45) is 0.222. The maximum atomic E-state index is 9.37. The third kappa shape index (κ3) is 9.16. The fraction of sp³-hybridized carbons (Fsp3) is 0.222. The van der Waals surface area contributed by atoms with Crippen molar-refractivity contribution < 1.29 is 15.0 Å². The summed E-state index contributed by atoms with van der Waals surface area (Å²) in [7, 11) is 0. The molecule has 0 aliphatic rings. The van der Waals surface area contributed by atoms with E-state index in [1.807, 2.05) is 0 Å². The lowest BCUT2D eigenvalue weighted by atomic mass is 10.3. The Morgan fingerprint density at radius 1 is 1.36 bits per heavy atom. The maximum absolute atomic E-state index is 9.37. The van der Waals surface area contributed by atoms with Crippen LogP contribution in [0.25, 0.3) is 0 Å². The zero-order chi connectivity index (χ0) is 10.3. The van der Waals surface area contributed by atoms with E-state index in [1.165, 1.54) is 0 Å². The van der Waals surface area contributed by atoms with Gasteiger partial charge in [0.25, 0.3) is 0 Å². The van der Waals surface area contributed by atoms with E-state index in [-0.39, 0.29) is 24.6 Å². The molecule has 0 fully saturated rings. The Bertz CT molecular complexity index is 238. The van der Waals surface area contributed by atoms with E-state index in [2.05, 4.69) is 0 Å². The minimum Gasteiger partial charge on any atom is -0.508 e. The number of benzene rings is 1. The lowest BCUT2D eigenvalue weighted by Crippen LogP contribution is -1.86. The van der Waals surface area contributed by atoms with Crippen LogP contribution >= 0.6 is 24.0 Å². The number of rotatable bonds is 1. The summed E-state index contributed by atoms with van der Waals surface area (Å²) in [5.41, 5.74) is 0. The van der Waals surface area contributed by atoms with E-state index in [9.17, 15) is 4.79 Å². The fourth-order valence-corrected chi connectivity index (χ4v) is 0.567.